The summed E-state index contributed by atoms with van der Waals surface area (Å²) in [6, 6.07) is 13.2. The van der Waals surface area contributed by atoms with E-state index >= 15 is 0 Å². The molecule has 7 nitrogen and oxygen atoms in total. The fourth-order valence-electron chi connectivity index (χ4n) is 5.27. The summed E-state index contributed by atoms with van der Waals surface area (Å²) in [7, 11) is -3.31. The van der Waals surface area contributed by atoms with E-state index in [0.29, 0.717) is 10.8 Å². The van der Waals surface area contributed by atoms with Crippen LogP contribution in [0.25, 0.3) is 22.5 Å². The minimum atomic E-state index is -3.31. The zero-order valence-electron chi connectivity index (χ0n) is 21.3. The maximum Gasteiger partial charge on any atom is 0.175 e. The van der Waals surface area contributed by atoms with E-state index in [1.807, 2.05) is 43.1 Å². The van der Waals surface area contributed by atoms with Crippen LogP contribution in [0.15, 0.2) is 59.8 Å². The number of rotatable bonds is 6. The number of hydrogen-bond acceptors (Lipinski definition) is 5. The maximum atomic E-state index is 12.2. The Morgan fingerprint density at radius 2 is 1.72 bits per heavy atom. The van der Waals surface area contributed by atoms with Crippen LogP contribution in [0.1, 0.15) is 49.8 Å². The lowest BCUT2D eigenvalue weighted by Gasteiger charge is -2.26. The molecule has 0 N–H and O–H groups in total. The Hall–Kier alpha value is -3.26. The van der Waals surface area contributed by atoms with Crippen molar-refractivity contribution in [2.75, 3.05) is 6.26 Å². The van der Waals surface area contributed by atoms with Crippen LogP contribution in [0.3, 0.4) is 0 Å². The molecule has 188 valence electrons. The lowest BCUT2D eigenvalue weighted by Crippen LogP contribution is -2.17. The highest BCUT2D eigenvalue weighted by Crippen LogP contribution is 2.33. The molecular formula is C28H33N5O2S. The molecule has 2 aromatic carbocycles. The summed E-state index contributed by atoms with van der Waals surface area (Å²) in [6.07, 6.45) is 11.1. The van der Waals surface area contributed by atoms with Crippen molar-refractivity contribution in [1.29, 1.82) is 0 Å². The van der Waals surface area contributed by atoms with Gasteiger partial charge in [0, 0.05) is 12.5 Å². The molecule has 4 aromatic rings. The largest absolute Gasteiger partial charge is 0.302 e. The van der Waals surface area contributed by atoms with Gasteiger partial charge in [-0.3, -0.25) is 0 Å². The second-order valence-corrected chi connectivity index (χ2v) is 12.3. The van der Waals surface area contributed by atoms with Gasteiger partial charge in [-0.25, -0.2) is 18.1 Å². The van der Waals surface area contributed by atoms with E-state index in [4.69, 9.17) is 0 Å². The number of imidazole rings is 1. The molecule has 0 atom stereocenters. The van der Waals surface area contributed by atoms with Crippen LogP contribution >= 0.6 is 0 Å². The second-order valence-electron chi connectivity index (χ2n) is 10.3. The Morgan fingerprint density at radius 3 is 2.42 bits per heavy atom. The molecule has 0 amide bonds. The molecule has 0 radical (unpaired) electrons. The van der Waals surface area contributed by atoms with E-state index in [2.05, 4.69) is 38.9 Å². The second kappa shape index (κ2) is 9.65. The topological polar surface area (TPSA) is 82.7 Å². The van der Waals surface area contributed by atoms with Crippen LogP contribution in [0.2, 0.25) is 0 Å². The number of benzene rings is 2. The van der Waals surface area contributed by atoms with E-state index in [1.165, 1.54) is 31.9 Å². The molecule has 0 bridgehead atoms. The van der Waals surface area contributed by atoms with Gasteiger partial charge in [0.25, 0.3) is 0 Å². The number of aryl methyl sites for hydroxylation is 2. The van der Waals surface area contributed by atoms with Crippen LogP contribution < -0.4 is 0 Å². The summed E-state index contributed by atoms with van der Waals surface area (Å²) >= 11 is 0. The summed E-state index contributed by atoms with van der Waals surface area (Å²) in [6.45, 7) is 6.32. The van der Waals surface area contributed by atoms with Crippen LogP contribution in [0.4, 0.5) is 0 Å². The van der Waals surface area contributed by atoms with Gasteiger partial charge < -0.3 is 4.57 Å². The highest BCUT2D eigenvalue weighted by atomic mass is 32.2. The standard InChI is InChI=1S/C28H33N5O2S/c1-19-8-10-22(11-9-19)14-25-17-29-31-33(25)28-16-24(23-6-5-7-26(15-23)36(4,34)35)12-13-27(28)32-18-20(2)30-21(32)3/h5-7,12-13,15-19,22H,8-11,14H2,1-4H3. The Bertz CT molecular complexity index is 1490. The molecule has 2 aromatic heterocycles. The predicted octanol–water partition coefficient (Wildman–Crippen LogP) is 5.51. The number of sulfone groups is 1. The van der Waals surface area contributed by atoms with Gasteiger partial charge in [-0.2, -0.15) is 0 Å². The van der Waals surface area contributed by atoms with Crippen molar-refractivity contribution in [1.82, 2.24) is 24.5 Å². The van der Waals surface area contributed by atoms with Gasteiger partial charge in [-0.05, 0) is 80.3 Å². The summed E-state index contributed by atoms with van der Waals surface area (Å²) in [5.74, 6) is 2.33. The third-order valence-electron chi connectivity index (χ3n) is 7.31. The smallest absolute Gasteiger partial charge is 0.175 e. The van der Waals surface area contributed by atoms with Crippen molar-refractivity contribution in [2.24, 2.45) is 11.8 Å². The van der Waals surface area contributed by atoms with Crippen LogP contribution in [0, 0.1) is 25.7 Å². The first kappa shape index (κ1) is 24.4. The fraction of sp³-hybridized carbons (Fsp3) is 0.393. The summed E-state index contributed by atoms with van der Waals surface area (Å²) in [5, 5.41) is 8.82. The van der Waals surface area contributed by atoms with Crippen LogP contribution in [0.5, 0.6) is 0 Å². The fourth-order valence-corrected chi connectivity index (χ4v) is 5.94. The first-order valence-corrected chi connectivity index (χ1v) is 14.5. The Balaban J connectivity index is 1.61. The molecule has 1 aliphatic carbocycles. The minimum Gasteiger partial charge on any atom is -0.302 e. The molecule has 5 rings (SSSR count). The Kier molecular flexibility index (Phi) is 6.55. The van der Waals surface area contributed by atoms with Gasteiger partial charge in [0.15, 0.2) is 9.84 Å². The number of aromatic nitrogens is 5. The maximum absolute atomic E-state index is 12.2. The minimum absolute atomic E-state index is 0.305. The Labute approximate surface area is 213 Å². The van der Waals surface area contributed by atoms with Gasteiger partial charge in [-0.15, -0.1) is 5.10 Å². The van der Waals surface area contributed by atoms with E-state index in [1.54, 1.807) is 18.2 Å². The Morgan fingerprint density at radius 1 is 0.972 bits per heavy atom. The average molecular weight is 504 g/mol. The monoisotopic (exact) mass is 503 g/mol. The first-order valence-electron chi connectivity index (χ1n) is 12.6. The summed E-state index contributed by atoms with van der Waals surface area (Å²) in [5.41, 5.74) is 5.65. The molecule has 0 aliphatic heterocycles. The van der Waals surface area contributed by atoms with Crippen LogP contribution in [-0.2, 0) is 16.3 Å². The molecular weight excluding hydrogens is 470 g/mol. The number of nitrogens with zero attached hydrogens (tertiary/aromatic N) is 5. The predicted molar refractivity (Wildman–Crippen MR) is 141 cm³/mol. The third kappa shape index (κ3) is 5.00. The summed E-state index contributed by atoms with van der Waals surface area (Å²) < 4.78 is 28.4. The molecule has 8 heteroatoms. The summed E-state index contributed by atoms with van der Waals surface area (Å²) in [4.78, 5) is 4.91. The van der Waals surface area contributed by atoms with Gasteiger partial charge in [0.1, 0.15) is 5.82 Å². The zero-order valence-corrected chi connectivity index (χ0v) is 22.2. The van der Waals surface area contributed by atoms with Gasteiger partial charge in [0.2, 0.25) is 0 Å². The quantitative estimate of drug-likeness (QED) is 0.347. The van der Waals surface area contributed by atoms with E-state index in [9.17, 15) is 8.42 Å². The lowest BCUT2D eigenvalue weighted by molar-refractivity contribution is 0.286. The van der Waals surface area contributed by atoms with Gasteiger partial charge in [-0.1, -0.05) is 43.2 Å². The van der Waals surface area contributed by atoms with Gasteiger partial charge in [0.05, 0.1) is 33.9 Å². The molecule has 0 unspecified atom stereocenters. The molecule has 0 spiro atoms. The molecule has 0 saturated heterocycles. The highest BCUT2D eigenvalue weighted by molar-refractivity contribution is 7.90. The van der Waals surface area contributed by atoms with Crippen molar-refractivity contribution in [2.45, 2.75) is 57.8 Å². The van der Waals surface area contributed by atoms with E-state index in [0.717, 1.165) is 52.1 Å². The van der Waals surface area contributed by atoms with Gasteiger partial charge >= 0.3 is 0 Å². The lowest BCUT2D eigenvalue weighted by atomic mass is 9.81. The molecule has 1 aliphatic rings. The van der Waals surface area contributed by atoms with Crippen LogP contribution in [-0.4, -0.2) is 39.2 Å². The van der Waals surface area contributed by atoms with E-state index < -0.39 is 9.84 Å². The molecule has 36 heavy (non-hydrogen) atoms. The molecule has 1 saturated carbocycles. The number of hydrogen-bond donors (Lipinski definition) is 0. The normalized spacial score (nSPS) is 18.4. The highest BCUT2D eigenvalue weighted by Gasteiger charge is 2.22. The third-order valence-corrected chi connectivity index (χ3v) is 8.42. The van der Waals surface area contributed by atoms with Crippen molar-refractivity contribution in [3.8, 4) is 22.5 Å². The molecule has 2 heterocycles. The van der Waals surface area contributed by atoms with Crippen molar-refractivity contribution in [3.63, 3.8) is 0 Å². The SMILES string of the molecule is Cc1cn(-c2ccc(-c3cccc(S(C)(=O)=O)c3)cc2-n2nncc2CC2CCC(C)CC2)c(C)n1. The first-order chi connectivity index (χ1) is 17.2. The van der Waals surface area contributed by atoms with Crippen molar-refractivity contribution >= 4 is 9.84 Å². The zero-order chi connectivity index (χ0) is 25.4. The van der Waals surface area contributed by atoms with Crippen molar-refractivity contribution in [3.05, 3.63) is 72.1 Å². The van der Waals surface area contributed by atoms with Crippen molar-refractivity contribution < 1.29 is 8.42 Å². The van der Waals surface area contributed by atoms with E-state index in [-0.39, 0.29) is 0 Å². The molecule has 1 fully saturated rings. The average Bonchev–Trinajstić information content (AvgIpc) is 3.45.